The molecule has 34 heavy (non-hydrogen) atoms. The highest BCUT2D eigenvalue weighted by atomic mass is 32.2. The molecule has 2 amide bonds. The molecule has 2 N–H and O–H groups in total. The van der Waals surface area contributed by atoms with Crippen molar-refractivity contribution in [2.24, 2.45) is 0 Å². The second kappa shape index (κ2) is 11.4. The molecule has 0 saturated heterocycles. The predicted octanol–water partition coefficient (Wildman–Crippen LogP) is 5.24. The van der Waals surface area contributed by atoms with Gasteiger partial charge in [0.2, 0.25) is 5.13 Å². The molecule has 0 radical (unpaired) electrons. The number of aromatic nitrogens is 2. The Morgan fingerprint density at radius 1 is 0.912 bits per heavy atom. The number of halogens is 1. The van der Waals surface area contributed by atoms with Crippen molar-refractivity contribution in [2.75, 3.05) is 17.2 Å². The SMILES string of the molecule is O=C(COc1ccccc1C(=O)Nc1nnc(SCc2ccccc2)s1)Nc1ccccc1F. The molecule has 0 unspecified atom stereocenters. The summed E-state index contributed by atoms with van der Waals surface area (Å²) in [6.07, 6.45) is 0. The Morgan fingerprint density at radius 2 is 1.65 bits per heavy atom. The van der Waals surface area contributed by atoms with Crippen LogP contribution in [0.15, 0.2) is 83.2 Å². The van der Waals surface area contributed by atoms with Crippen LogP contribution in [-0.4, -0.2) is 28.6 Å². The first-order valence-corrected chi connectivity index (χ1v) is 12.0. The fraction of sp³-hybridized carbons (Fsp3) is 0.0833. The quantitative estimate of drug-likeness (QED) is 0.244. The minimum absolute atomic E-state index is 0.0549. The van der Waals surface area contributed by atoms with Gasteiger partial charge in [0, 0.05) is 5.75 Å². The van der Waals surface area contributed by atoms with Gasteiger partial charge in [0.25, 0.3) is 11.8 Å². The van der Waals surface area contributed by atoms with Crippen LogP contribution >= 0.6 is 23.1 Å². The number of carbonyl (C=O) groups is 2. The number of hydrogen-bond donors (Lipinski definition) is 2. The van der Waals surface area contributed by atoms with Gasteiger partial charge in [0.1, 0.15) is 11.6 Å². The summed E-state index contributed by atoms with van der Waals surface area (Å²) >= 11 is 2.80. The summed E-state index contributed by atoms with van der Waals surface area (Å²) in [5, 5.41) is 13.6. The molecule has 0 aliphatic heterocycles. The minimum Gasteiger partial charge on any atom is -0.483 e. The van der Waals surface area contributed by atoms with E-state index in [9.17, 15) is 14.0 Å². The van der Waals surface area contributed by atoms with Crippen LogP contribution in [0.1, 0.15) is 15.9 Å². The summed E-state index contributed by atoms with van der Waals surface area (Å²) in [4.78, 5) is 24.9. The fourth-order valence-electron chi connectivity index (χ4n) is 2.87. The molecule has 0 bridgehead atoms. The lowest BCUT2D eigenvalue weighted by atomic mass is 10.2. The van der Waals surface area contributed by atoms with Gasteiger partial charge in [0.05, 0.1) is 11.3 Å². The molecule has 1 aromatic heterocycles. The van der Waals surface area contributed by atoms with E-state index in [0.29, 0.717) is 5.13 Å². The third-order valence-corrected chi connectivity index (χ3v) is 6.51. The molecule has 172 valence electrons. The molecule has 0 aliphatic carbocycles. The van der Waals surface area contributed by atoms with Crippen LogP contribution in [0.3, 0.4) is 0 Å². The number of rotatable bonds is 9. The van der Waals surface area contributed by atoms with E-state index in [2.05, 4.69) is 20.8 Å². The molecule has 3 aromatic carbocycles. The standard InChI is InChI=1S/C24H19FN4O3S2/c25-18-11-5-6-12-19(18)26-21(30)14-32-20-13-7-4-10-17(20)22(31)27-23-28-29-24(34-23)33-15-16-8-2-1-3-9-16/h1-13H,14-15H2,(H,26,30)(H,27,28,31). The molecule has 4 rings (SSSR count). The Bertz CT molecular complexity index is 1280. The third-order valence-electron chi connectivity index (χ3n) is 4.47. The van der Waals surface area contributed by atoms with Crippen molar-refractivity contribution in [2.45, 2.75) is 10.1 Å². The van der Waals surface area contributed by atoms with E-state index in [0.717, 1.165) is 10.1 Å². The maximum absolute atomic E-state index is 13.7. The zero-order valence-electron chi connectivity index (χ0n) is 17.7. The fourth-order valence-corrected chi connectivity index (χ4v) is 4.58. The first-order chi connectivity index (χ1) is 16.6. The number of para-hydroxylation sites is 2. The average molecular weight is 495 g/mol. The lowest BCUT2D eigenvalue weighted by Crippen LogP contribution is -2.22. The number of nitrogens with zero attached hydrogens (tertiary/aromatic N) is 2. The van der Waals surface area contributed by atoms with Gasteiger partial charge in [-0.05, 0) is 29.8 Å². The summed E-state index contributed by atoms with van der Waals surface area (Å²) < 4.78 is 20.0. The molecule has 10 heteroatoms. The van der Waals surface area contributed by atoms with Gasteiger partial charge in [-0.15, -0.1) is 10.2 Å². The normalized spacial score (nSPS) is 10.5. The van der Waals surface area contributed by atoms with E-state index >= 15 is 0 Å². The lowest BCUT2D eigenvalue weighted by molar-refractivity contribution is -0.118. The summed E-state index contributed by atoms with van der Waals surface area (Å²) in [7, 11) is 0. The van der Waals surface area contributed by atoms with E-state index in [-0.39, 0.29) is 17.0 Å². The van der Waals surface area contributed by atoms with Crippen LogP contribution in [0.4, 0.5) is 15.2 Å². The Morgan fingerprint density at radius 3 is 2.47 bits per heavy atom. The van der Waals surface area contributed by atoms with Crippen molar-refractivity contribution in [1.29, 1.82) is 0 Å². The molecule has 0 aliphatic rings. The lowest BCUT2D eigenvalue weighted by Gasteiger charge is -2.11. The number of carbonyl (C=O) groups excluding carboxylic acids is 2. The number of amides is 2. The maximum atomic E-state index is 13.7. The highest BCUT2D eigenvalue weighted by Gasteiger charge is 2.16. The number of anilines is 2. The van der Waals surface area contributed by atoms with E-state index in [1.54, 1.807) is 30.3 Å². The number of ether oxygens (including phenoxy) is 1. The van der Waals surface area contributed by atoms with Gasteiger partial charge in [-0.3, -0.25) is 14.9 Å². The zero-order chi connectivity index (χ0) is 23.8. The Balaban J connectivity index is 1.34. The molecular formula is C24H19FN4O3S2. The van der Waals surface area contributed by atoms with Crippen LogP contribution in [-0.2, 0) is 10.5 Å². The topological polar surface area (TPSA) is 93.2 Å². The van der Waals surface area contributed by atoms with Crippen LogP contribution in [0.25, 0.3) is 0 Å². The maximum Gasteiger partial charge on any atom is 0.262 e. The molecule has 0 atom stereocenters. The molecule has 1 heterocycles. The van der Waals surface area contributed by atoms with Crippen LogP contribution in [0.2, 0.25) is 0 Å². The van der Waals surface area contributed by atoms with E-state index in [4.69, 9.17) is 4.74 Å². The molecule has 0 fully saturated rings. The molecule has 0 saturated carbocycles. The Labute approximate surface area is 203 Å². The minimum atomic E-state index is -0.551. The van der Waals surface area contributed by atoms with Crippen molar-refractivity contribution in [3.05, 3.63) is 95.8 Å². The Hall–Kier alpha value is -3.76. The summed E-state index contributed by atoms with van der Waals surface area (Å²) in [6.45, 7) is -0.391. The van der Waals surface area contributed by atoms with E-state index in [1.165, 1.54) is 46.9 Å². The van der Waals surface area contributed by atoms with E-state index in [1.807, 2.05) is 30.3 Å². The zero-order valence-corrected chi connectivity index (χ0v) is 19.4. The highest BCUT2D eigenvalue weighted by Crippen LogP contribution is 2.29. The monoisotopic (exact) mass is 494 g/mol. The Kier molecular flexibility index (Phi) is 7.84. The van der Waals surface area contributed by atoms with Crippen molar-refractivity contribution >= 4 is 45.7 Å². The average Bonchev–Trinajstić information content (AvgIpc) is 3.31. The van der Waals surface area contributed by atoms with Crippen molar-refractivity contribution < 1.29 is 18.7 Å². The second-order valence-electron chi connectivity index (χ2n) is 6.91. The summed E-state index contributed by atoms with van der Waals surface area (Å²) in [6, 6.07) is 22.3. The predicted molar refractivity (Wildman–Crippen MR) is 131 cm³/mol. The van der Waals surface area contributed by atoms with Crippen molar-refractivity contribution in [3.63, 3.8) is 0 Å². The van der Waals surface area contributed by atoms with Crippen LogP contribution in [0.5, 0.6) is 5.75 Å². The number of nitrogens with one attached hydrogen (secondary N) is 2. The number of benzene rings is 3. The summed E-state index contributed by atoms with van der Waals surface area (Å²) in [5.41, 5.74) is 1.45. The van der Waals surface area contributed by atoms with Gasteiger partial charge in [-0.2, -0.15) is 0 Å². The molecule has 4 aromatic rings. The molecular weight excluding hydrogens is 475 g/mol. The van der Waals surface area contributed by atoms with Gasteiger partial charge in [-0.1, -0.05) is 77.7 Å². The molecule has 0 spiro atoms. The number of hydrogen-bond acceptors (Lipinski definition) is 7. The third kappa shape index (κ3) is 6.40. The first-order valence-electron chi connectivity index (χ1n) is 10.2. The number of thioether (sulfide) groups is 1. The van der Waals surface area contributed by atoms with Crippen LogP contribution in [0, 0.1) is 5.82 Å². The van der Waals surface area contributed by atoms with Crippen LogP contribution < -0.4 is 15.4 Å². The van der Waals surface area contributed by atoms with E-state index < -0.39 is 24.2 Å². The highest BCUT2D eigenvalue weighted by molar-refractivity contribution is 8.00. The largest absolute Gasteiger partial charge is 0.483 e. The van der Waals surface area contributed by atoms with Gasteiger partial charge < -0.3 is 10.1 Å². The van der Waals surface area contributed by atoms with Crippen molar-refractivity contribution in [3.8, 4) is 5.75 Å². The smallest absolute Gasteiger partial charge is 0.262 e. The summed E-state index contributed by atoms with van der Waals surface area (Å²) in [5.74, 6) is -0.582. The van der Waals surface area contributed by atoms with Gasteiger partial charge in [0.15, 0.2) is 10.9 Å². The van der Waals surface area contributed by atoms with Gasteiger partial charge >= 0.3 is 0 Å². The van der Waals surface area contributed by atoms with Gasteiger partial charge in [-0.25, -0.2) is 4.39 Å². The van der Waals surface area contributed by atoms with Crippen molar-refractivity contribution in [1.82, 2.24) is 10.2 Å². The molecule has 7 nitrogen and oxygen atoms in total. The first kappa shape index (κ1) is 23.4. The second-order valence-corrected chi connectivity index (χ2v) is 9.11.